The van der Waals surface area contributed by atoms with Crippen LogP contribution in [0.3, 0.4) is 0 Å². The SMILES string of the molecule is Nc1ccc(Cl)cc1Cl.O=CO. The van der Waals surface area contributed by atoms with Crippen molar-refractivity contribution in [2.75, 3.05) is 5.73 Å². The van der Waals surface area contributed by atoms with E-state index in [1.54, 1.807) is 18.2 Å². The maximum absolute atomic E-state index is 8.36. The third-order valence-corrected chi connectivity index (χ3v) is 1.52. The molecule has 66 valence electrons. The molecule has 0 heterocycles. The topological polar surface area (TPSA) is 63.3 Å². The Labute approximate surface area is 79.7 Å². The number of carboxylic acid groups (broad SMARTS) is 1. The van der Waals surface area contributed by atoms with Crippen LogP contribution in [0.25, 0.3) is 0 Å². The van der Waals surface area contributed by atoms with Gasteiger partial charge in [-0.25, -0.2) is 0 Å². The second kappa shape index (κ2) is 5.69. The van der Waals surface area contributed by atoms with Gasteiger partial charge in [-0.15, -0.1) is 0 Å². The smallest absolute Gasteiger partial charge is 0.290 e. The van der Waals surface area contributed by atoms with E-state index in [1.807, 2.05) is 0 Å². The highest BCUT2D eigenvalue weighted by Crippen LogP contribution is 2.21. The molecule has 0 aromatic heterocycles. The number of hydrogen-bond acceptors (Lipinski definition) is 2. The van der Waals surface area contributed by atoms with E-state index in [2.05, 4.69) is 0 Å². The maximum Gasteiger partial charge on any atom is 0.290 e. The molecule has 0 amide bonds. The first-order valence-electron chi connectivity index (χ1n) is 2.90. The average Bonchev–Trinajstić information content (AvgIpc) is 1.99. The fourth-order valence-electron chi connectivity index (χ4n) is 0.502. The van der Waals surface area contributed by atoms with Gasteiger partial charge in [0.15, 0.2) is 0 Å². The minimum atomic E-state index is -0.250. The third kappa shape index (κ3) is 4.05. The number of nitrogens with two attached hydrogens (primary N) is 1. The van der Waals surface area contributed by atoms with Crippen molar-refractivity contribution in [2.45, 2.75) is 0 Å². The van der Waals surface area contributed by atoms with Crippen molar-refractivity contribution in [3.63, 3.8) is 0 Å². The summed E-state index contributed by atoms with van der Waals surface area (Å²) in [7, 11) is 0. The first kappa shape index (κ1) is 11.1. The van der Waals surface area contributed by atoms with Crippen LogP contribution in [0.5, 0.6) is 0 Å². The molecular weight excluding hydrogens is 201 g/mol. The fourth-order valence-corrected chi connectivity index (χ4v) is 0.910. The van der Waals surface area contributed by atoms with Crippen LogP contribution in [0.15, 0.2) is 18.2 Å². The Kier molecular flexibility index (Phi) is 5.25. The van der Waals surface area contributed by atoms with Crippen molar-refractivity contribution in [1.82, 2.24) is 0 Å². The van der Waals surface area contributed by atoms with Crippen molar-refractivity contribution in [3.8, 4) is 0 Å². The van der Waals surface area contributed by atoms with Gasteiger partial charge in [-0.1, -0.05) is 23.2 Å². The summed E-state index contributed by atoms with van der Waals surface area (Å²) in [5, 5.41) is 8.00. The van der Waals surface area contributed by atoms with E-state index < -0.39 is 0 Å². The molecule has 0 aliphatic rings. The first-order valence-corrected chi connectivity index (χ1v) is 3.65. The lowest BCUT2D eigenvalue weighted by Crippen LogP contribution is -1.83. The van der Waals surface area contributed by atoms with Gasteiger partial charge in [-0.05, 0) is 18.2 Å². The maximum atomic E-state index is 8.36. The Hall–Kier alpha value is -0.930. The monoisotopic (exact) mass is 207 g/mol. The van der Waals surface area contributed by atoms with E-state index in [9.17, 15) is 0 Å². The van der Waals surface area contributed by atoms with Crippen LogP contribution < -0.4 is 5.73 Å². The molecule has 3 N–H and O–H groups in total. The Morgan fingerprint density at radius 3 is 2.25 bits per heavy atom. The van der Waals surface area contributed by atoms with Gasteiger partial charge in [-0.2, -0.15) is 0 Å². The molecule has 12 heavy (non-hydrogen) atoms. The van der Waals surface area contributed by atoms with E-state index in [4.69, 9.17) is 38.8 Å². The van der Waals surface area contributed by atoms with Crippen LogP contribution in [0.1, 0.15) is 0 Å². The molecule has 0 radical (unpaired) electrons. The highest BCUT2D eigenvalue weighted by molar-refractivity contribution is 6.36. The van der Waals surface area contributed by atoms with Crippen LogP contribution in [0.4, 0.5) is 5.69 Å². The molecule has 3 nitrogen and oxygen atoms in total. The van der Waals surface area contributed by atoms with Crippen LogP contribution in [-0.2, 0) is 4.79 Å². The molecule has 0 aliphatic heterocycles. The first-order chi connectivity index (χ1) is 5.61. The molecule has 5 heteroatoms. The molecule has 0 saturated heterocycles. The number of halogens is 2. The lowest BCUT2D eigenvalue weighted by Gasteiger charge is -1.94. The molecule has 1 rings (SSSR count). The minimum absolute atomic E-state index is 0.250. The number of carbonyl (C=O) groups is 1. The quantitative estimate of drug-likeness (QED) is 0.507. The van der Waals surface area contributed by atoms with E-state index in [-0.39, 0.29) is 6.47 Å². The summed E-state index contributed by atoms with van der Waals surface area (Å²) >= 11 is 11.2. The summed E-state index contributed by atoms with van der Waals surface area (Å²) < 4.78 is 0. The van der Waals surface area contributed by atoms with Gasteiger partial charge in [-0.3, -0.25) is 4.79 Å². The molecular formula is C7H7Cl2NO2. The normalized spacial score (nSPS) is 8.17. The summed E-state index contributed by atoms with van der Waals surface area (Å²) in [6.45, 7) is -0.250. The van der Waals surface area contributed by atoms with Gasteiger partial charge in [0, 0.05) is 5.02 Å². The number of anilines is 1. The van der Waals surface area contributed by atoms with Gasteiger partial charge in [0.05, 0.1) is 10.7 Å². The highest BCUT2D eigenvalue weighted by Gasteiger charge is 1.93. The van der Waals surface area contributed by atoms with Crippen molar-refractivity contribution in [1.29, 1.82) is 0 Å². The zero-order chi connectivity index (χ0) is 9.56. The molecule has 0 saturated carbocycles. The zero-order valence-electron chi connectivity index (χ0n) is 6.00. The summed E-state index contributed by atoms with van der Waals surface area (Å²) in [5.41, 5.74) is 5.95. The number of hydrogen-bond donors (Lipinski definition) is 2. The molecule has 1 aromatic carbocycles. The summed E-state index contributed by atoms with van der Waals surface area (Å²) in [5.74, 6) is 0. The number of rotatable bonds is 0. The molecule has 0 spiro atoms. The predicted octanol–water partition coefficient (Wildman–Crippen LogP) is 2.28. The highest BCUT2D eigenvalue weighted by atomic mass is 35.5. The van der Waals surface area contributed by atoms with Gasteiger partial charge in [0.1, 0.15) is 0 Å². The lowest BCUT2D eigenvalue weighted by atomic mass is 10.3. The lowest BCUT2D eigenvalue weighted by molar-refractivity contribution is -0.122. The van der Waals surface area contributed by atoms with Gasteiger partial charge in [0.25, 0.3) is 6.47 Å². The standard InChI is InChI=1S/C6H5Cl2N.CH2O2/c7-4-1-2-6(9)5(8)3-4;2-1-3/h1-3H,9H2;1H,(H,2,3). The molecule has 0 bridgehead atoms. The van der Waals surface area contributed by atoms with Crippen LogP contribution in [0.2, 0.25) is 10.0 Å². The van der Waals surface area contributed by atoms with Crippen LogP contribution in [-0.4, -0.2) is 11.6 Å². The van der Waals surface area contributed by atoms with E-state index in [0.29, 0.717) is 15.7 Å². The Morgan fingerprint density at radius 2 is 1.92 bits per heavy atom. The van der Waals surface area contributed by atoms with Gasteiger partial charge in [0.2, 0.25) is 0 Å². The van der Waals surface area contributed by atoms with Crippen molar-refractivity contribution < 1.29 is 9.90 Å². The van der Waals surface area contributed by atoms with E-state index in [0.717, 1.165) is 0 Å². The summed E-state index contributed by atoms with van der Waals surface area (Å²) in [6, 6.07) is 4.98. The van der Waals surface area contributed by atoms with Gasteiger partial charge < -0.3 is 10.8 Å². The second-order valence-corrected chi connectivity index (χ2v) is 2.61. The molecule has 0 aliphatic carbocycles. The summed E-state index contributed by atoms with van der Waals surface area (Å²) in [4.78, 5) is 8.36. The molecule has 0 unspecified atom stereocenters. The van der Waals surface area contributed by atoms with Crippen LogP contribution in [0, 0.1) is 0 Å². The van der Waals surface area contributed by atoms with Crippen molar-refractivity contribution in [2.24, 2.45) is 0 Å². The molecule has 0 atom stereocenters. The number of nitrogen functional groups attached to an aromatic ring is 1. The predicted molar refractivity (Wildman–Crippen MR) is 49.6 cm³/mol. The van der Waals surface area contributed by atoms with Crippen molar-refractivity contribution in [3.05, 3.63) is 28.2 Å². The van der Waals surface area contributed by atoms with Gasteiger partial charge >= 0.3 is 0 Å². The minimum Gasteiger partial charge on any atom is -0.483 e. The Morgan fingerprint density at radius 1 is 1.42 bits per heavy atom. The third-order valence-electron chi connectivity index (χ3n) is 0.962. The molecule has 1 aromatic rings. The Balaban J connectivity index is 0.000000354. The molecule has 0 fully saturated rings. The van der Waals surface area contributed by atoms with E-state index >= 15 is 0 Å². The van der Waals surface area contributed by atoms with Crippen LogP contribution >= 0.6 is 23.2 Å². The van der Waals surface area contributed by atoms with E-state index in [1.165, 1.54) is 0 Å². The average molecular weight is 208 g/mol. The van der Waals surface area contributed by atoms with Crippen molar-refractivity contribution >= 4 is 35.4 Å². The largest absolute Gasteiger partial charge is 0.483 e. The second-order valence-electron chi connectivity index (χ2n) is 1.77. The fraction of sp³-hybridized carbons (Fsp3) is 0. The Bertz CT molecular complexity index is 266. The summed E-state index contributed by atoms with van der Waals surface area (Å²) in [6.07, 6.45) is 0. The zero-order valence-corrected chi connectivity index (χ0v) is 7.51. The number of benzene rings is 1.